The van der Waals surface area contributed by atoms with E-state index in [1.54, 1.807) is 0 Å². The van der Waals surface area contributed by atoms with Gasteiger partial charge in [0.05, 0.1) is 10.6 Å². The summed E-state index contributed by atoms with van der Waals surface area (Å²) < 4.78 is 39.1. The van der Waals surface area contributed by atoms with E-state index in [0.717, 1.165) is 17.8 Å². The van der Waals surface area contributed by atoms with Crippen molar-refractivity contribution in [1.29, 1.82) is 0 Å². The summed E-state index contributed by atoms with van der Waals surface area (Å²) in [6.07, 6.45) is -3.25. The van der Waals surface area contributed by atoms with Crippen molar-refractivity contribution in [3.63, 3.8) is 0 Å². The number of pyridine rings is 1. The first-order chi connectivity index (χ1) is 12.2. The molecule has 1 aliphatic heterocycles. The normalized spacial score (nSPS) is 13.6. The Morgan fingerprint density at radius 1 is 1.27 bits per heavy atom. The molecule has 2 heterocycles. The van der Waals surface area contributed by atoms with Crippen molar-refractivity contribution in [1.82, 2.24) is 4.57 Å². The lowest BCUT2D eigenvalue weighted by atomic mass is 10.1. The van der Waals surface area contributed by atoms with E-state index in [0.29, 0.717) is 22.7 Å². The van der Waals surface area contributed by atoms with Crippen LogP contribution >= 0.6 is 0 Å². The van der Waals surface area contributed by atoms with E-state index in [1.165, 1.54) is 23.1 Å². The molecule has 1 aliphatic rings. The minimum Gasteiger partial charge on any atom is -0.310 e. The third-order valence-electron chi connectivity index (χ3n) is 4.11. The van der Waals surface area contributed by atoms with Crippen LogP contribution in [0.15, 0.2) is 41.3 Å². The number of nitro benzene ring substituents is 1. The number of hydrogen-bond acceptors (Lipinski definition) is 4. The number of rotatable bonds is 3. The fourth-order valence-corrected chi connectivity index (χ4v) is 2.85. The maximum Gasteiger partial charge on any atom is 0.421 e. The molecule has 26 heavy (non-hydrogen) atoms. The highest BCUT2D eigenvalue weighted by atomic mass is 19.4. The van der Waals surface area contributed by atoms with E-state index < -0.39 is 34.7 Å². The van der Waals surface area contributed by atoms with Gasteiger partial charge in [-0.2, -0.15) is 13.2 Å². The predicted octanol–water partition coefficient (Wildman–Crippen LogP) is 2.36. The molecule has 2 aromatic rings. The first-order valence-corrected chi connectivity index (χ1v) is 7.53. The molecule has 10 heteroatoms. The quantitative estimate of drug-likeness (QED) is 0.616. The molecule has 0 saturated heterocycles. The summed E-state index contributed by atoms with van der Waals surface area (Å²) in [6.45, 7) is -0.353. The molecule has 7 nitrogen and oxygen atoms in total. The number of alkyl halides is 3. The van der Waals surface area contributed by atoms with Gasteiger partial charge in [0.15, 0.2) is 0 Å². The van der Waals surface area contributed by atoms with Crippen LogP contribution in [0.5, 0.6) is 0 Å². The molecule has 0 N–H and O–H groups in total. The third kappa shape index (κ3) is 3.17. The van der Waals surface area contributed by atoms with Gasteiger partial charge >= 0.3 is 6.18 Å². The monoisotopic (exact) mass is 367 g/mol. The largest absolute Gasteiger partial charge is 0.421 e. The molecule has 1 amide bonds. The van der Waals surface area contributed by atoms with Crippen molar-refractivity contribution in [2.45, 2.75) is 19.1 Å². The number of aromatic nitrogens is 1. The second-order valence-corrected chi connectivity index (χ2v) is 5.72. The topological polar surface area (TPSA) is 85.5 Å². The molecule has 0 unspecified atom stereocenters. The summed E-state index contributed by atoms with van der Waals surface area (Å²) in [5.74, 6) is -0.620. The minimum atomic E-state index is -4.82. The van der Waals surface area contributed by atoms with Crippen LogP contribution in [0.1, 0.15) is 11.1 Å². The number of fused-ring (bicyclic) bond motifs is 1. The zero-order valence-electron chi connectivity index (χ0n) is 13.2. The fraction of sp³-hybridized carbons (Fsp3) is 0.250. The lowest BCUT2D eigenvalue weighted by molar-refractivity contribution is -0.384. The number of amides is 1. The van der Waals surface area contributed by atoms with Gasteiger partial charge in [-0.15, -0.1) is 0 Å². The van der Waals surface area contributed by atoms with Crippen LogP contribution in [0.3, 0.4) is 0 Å². The summed E-state index contributed by atoms with van der Waals surface area (Å²) in [5, 5.41) is 10.9. The van der Waals surface area contributed by atoms with Crippen molar-refractivity contribution < 1.29 is 22.9 Å². The molecule has 136 valence electrons. The fourth-order valence-electron chi connectivity index (χ4n) is 2.85. The molecule has 0 saturated carbocycles. The van der Waals surface area contributed by atoms with Gasteiger partial charge in [-0.25, -0.2) is 0 Å². The third-order valence-corrected chi connectivity index (χ3v) is 4.11. The summed E-state index contributed by atoms with van der Waals surface area (Å²) >= 11 is 0. The standard InChI is InChI=1S/C16H12F3N3O4/c17-16(18,19)12-2-1-6-20(15(12)24)9-14(23)21-7-5-10-3-4-11(22(25)26)8-13(10)21/h1-4,6,8H,5,7,9H2. The van der Waals surface area contributed by atoms with Crippen LogP contribution in [0, 0.1) is 10.1 Å². The van der Waals surface area contributed by atoms with Gasteiger partial charge in [0.2, 0.25) is 5.91 Å². The van der Waals surface area contributed by atoms with Crippen LogP contribution < -0.4 is 10.5 Å². The first-order valence-electron chi connectivity index (χ1n) is 7.53. The molecule has 0 fully saturated rings. The van der Waals surface area contributed by atoms with Crippen molar-refractivity contribution >= 4 is 17.3 Å². The smallest absolute Gasteiger partial charge is 0.310 e. The predicted molar refractivity (Wildman–Crippen MR) is 84.9 cm³/mol. The first kappa shape index (κ1) is 17.6. The number of hydrogen-bond donors (Lipinski definition) is 0. The maximum absolute atomic E-state index is 12.8. The van der Waals surface area contributed by atoms with E-state index in [2.05, 4.69) is 0 Å². The van der Waals surface area contributed by atoms with Crippen molar-refractivity contribution in [2.75, 3.05) is 11.4 Å². The highest BCUT2D eigenvalue weighted by molar-refractivity contribution is 5.95. The maximum atomic E-state index is 12.8. The van der Waals surface area contributed by atoms with Crippen LogP contribution in [0.2, 0.25) is 0 Å². The van der Waals surface area contributed by atoms with Gasteiger partial charge in [0.1, 0.15) is 12.1 Å². The van der Waals surface area contributed by atoms with E-state index >= 15 is 0 Å². The molecular weight excluding hydrogens is 355 g/mol. The Kier molecular flexibility index (Phi) is 4.26. The molecule has 3 rings (SSSR count). The number of anilines is 1. The summed E-state index contributed by atoms with van der Waals surface area (Å²) in [7, 11) is 0. The zero-order valence-corrected chi connectivity index (χ0v) is 13.2. The molecule has 0 atom stereocenters. The van der Waals surface area contributed by atoms with Crippen LogP contribution in [-0.2, 0) is 23.9 Å². The van der Waals surface area contributed by atoms with Crippen LogP contribution in [0.4, 0.5) is 24.5 Å². The number of non-ortho nitro benzene ring substituents is 1. The molecular formula is C16H12F3N3O4. The average Bonchev–Trinajstić information content (AvgIpc) is 2.98. The summed E-state index contributed by atoms with van der Waals surface area (Å²) in [4.78, 5) is 36.0. The molecule has 0 spiro atoms. The molecule has 1 aromatic carbocycles. The Morgan fingerprint density at radius 3 is 2.65 bits per heavy atom. The van der Waals surface area contributed by atoms with Crippen LogP contribution in [0.25, 0.3) is 0 Å². The number of benzene rings is 1. The number of carbonyl (C=O) groups is 1. The number of halogens is 3. The molecule has 0 radical (unpaired) electrons. The zero-order chi connectivity index (χ0) is 19.1. The lowest BCUT2D eigenvalue weighted by Gasteiger charge is -2.18. The number of nitro groups is 1. The van der Waals surface area contributed by atoms with Gasteiger partial charge in [0, 0.05) is 24.9 Å². The summed E-state index contributed by atoms with van der Waals surface area (Å²) in [6, 6.07) is 5.80. The van der Waals surface area contributed by atoms with Gasteiger partial charge < -0.3 is 9.47 Å². The highest BCUT2D eigenvalue weighted by Gasteiger charge is 2.35. The minimum absolute atomic E-state index is 0.195. The lowest BCUT2D eigenvalue weighted by Crippen LogP contribution is -2.37. The van der Waals surface area contributed by atoms with Crippen molar-refractivity contribution in [3.8, 4) is 0 Å². The summed E-state index contributed by atoms with van der Waals surface area (Å²) in [5.41, 5.74) is -1.80. The molecule has 0 bridgehead atoms. The van der Waals surface area contributed by atoms with Crippen LogP contribution in [-0.4, -0.2) is 21.9 Å². The van der Waals surface area contributed by atoms with Gasteiger partial charge in [-0.1, -0.05) is 6.07 Å². The van der Waals surface area contributed by atoms with E-state index in [9.17, 15) is 32.9 Å². The van der Waals surface area contributed by atoms with Crippen molar-refractivity contribution in [2.24, 2.45) is 0 Å². The molecule has 1 aromatic heterocycles. The van der Waals surface area contributed by atoms with Gasteiger partial charge in [-0.05, 0) is 24.1 Å². The highest BCUT2D eigenvalue weighted by Crippen LogP contribution is 2.32. The Bertz CT molecular complexity index is 952. The number of carbonyl (C=O) groups excluding carboxylic acids is 1. The van der Waals surface area contributed by atoms with Gasteiger partial charge in [0.25, 0.3) is 11.2 Å². The number of nitrogens with zero attached hydrogens (tertiary/aromatic N) is 3. The SMILES string of the molecule is O=C(Cn1cccc(C(F)(F)F)c1=O)N1CCc2ccc([N+](=O)[O-])cc21. The average molecular weight is 367 g/mol. The van der Waals surface area contributed by atoms with E-state index in [1.807, 2.05) is 0 Å². The second-order valence-electron chi connectivity index (χ2n) is 5.72. The Hall–Kier alpha value is -3.17. The van der Waals surface area contributed by atoms with E-state index in [-0.39, 0.29) is 12.2 Å². The van der Waals surface area contributed by atoms with E-state index in [4.69, 9.17) is 0 Å². The Balaban J connectivity index is 1.89. The Morgan fingerprint density at radius 2 is 2.00 bits per heavy atom. The molecule has 0 aliphatic carbocycles. The van der Waals surface area contributed by atoms with Crippen molar-refractivity contribution in [3.05, 3.63) is 68.1 Å². The second kappa shape index (κ2) is 6.28. The van der Waals surface area contributed by atoms with Gasteiger partial charge in [-0.3, -0.25) is 19.7 Å². The Labute approximate surface area is 144 Å².